The van der Waals surface area contributed by atoms with Crippen LogP contribution < -0.4 is 5.32 Å². The zero-order valence-corrected chi connectivity index (χ0v) is 13.3. The summed E-state index contributed by atoms with van der Waals surface area (Å²) < 4.78 is 5.99. The first-order valence-corrected chi connectivity index (χ1v) is 8.04. The van der Waals surface area contributed by atoms with Crippen LogP contribution in [-0.2, 0) is 19.9 Å². The molecule has 2 aromatic rings. The van der Waals surface area contributed by atoms with Crippen LogP contribution in [0.3, 0.4) is 0 Å². The Labute approximate surface area is 124 Å². The minimum absolute atomic E-state index is 0.349. The minimum Gasteiger partial charge on any atom is -0.309 e. The molecule has 2 heterocycles. The Kier molecular flexibility index (Phi) is 5.67. The van der Waals surface area contributed by atoms with Crippen LogP contribution in [0.4, 0.5) is 0 Å². The van der Waals surface area contributed by atoms with Crippen molar-refractivity contribution in [2.75, 3.05) is 6.54 Å². The molecule has 1 unspecified atom stereocenters. The number of rotatable bonds is 8. The highest BCUT2D eigenvalue weighted by Gasteiger charge is 2.18. The van der Waals surface area contributed by atoms with Gasteiger partial charge < -0.3 is 5.32 Å². The average molecular weight is 293 g/mol. The molecule has 110 valence electrons. The van der Waals surface area contributed by atoms with E-state index in [2.05, 4.69) is 40.0 Å². The molecule has 2 aromatic heterocycles. The quantitative estimate of drug-likeness (QED) is 0.812. The van der Waals surface area contributed by atoms with Gasteiger partial charge in [-0.25, -0.2) is 0 Å². The number of aryl methyl sites for hydroxylation is 3. The Balaban J connectivity index is 2.04. The molecule has 0 aliphatic carbocycles. The number of hydrogen-bond acceptors (Lipinski definition) is 5. The second kappa shape index (κ2) is 7.50. The van der Waals surface area contributed by atoms with E-state index in [1.54, 1.807) is 0 Å². The highest BCUT2D eigenvalue weighted by atomic mass is 32.1. The fraction of sp³-hybridized carbons (Fsp3) is 0.643. The Bertz CT molecular complexity index is 519. The summed E-state index contributed by atoms with van der Waals surface area (Å²) >= 11 is 1.53. The van der Waals surface area contributed by atoms with E-state index in [-0.39, 0.29) is 0 Å². The topological polar surface area (TPSA) is 55.6 Å². The van der Waals surface area contributed by atoms with Crippen LogP contribution in [0.1, 0.15) is 48.9 Å². The maximum absolute atomic E-state index is 4.28. The van der Waals surface area contributed by atoms with E-state index in [1.165, 1.54) is 22.0 Å². The molecule has 0 saturated heterocycles. The fourth-order valence-corrected chi connectivity index (χ4v) is 3.18. The smallest absolute Gasteiger partial charge is 0.0803 e. The molecule has 2 rings (SSSR count). The Morgan fingerprint density at radius 2 is 2.20 bits per heavy atom. The standard InChI is InChI=1S/C14H23N5S/c1-4-6-13-14(20-18-17-13)12(15-5-2)8-7-11-9-16-19(3)10-11/h9-10,12,15H,4-8H2,1-3H3. The monoisotopic (exact) mass is 293 g/mol. The number of nitrogens with zero attached hydrogens (tertiary/aromatic N) is 4. The zero-order chi connectivity index (χ0) is 14.4. The summed E-state index contributed by atoms with van der Waals surface area (Å²) in [6.45, 7) is 5.28. The summed E-state index contributed by atoms with van der Waals surface area (Å²) in [6, 6.07) is 0.349. The number of hydrogen-bond donors (Lipinski definition) is 1. The van der Waals surface area contributed by atoms with Crippen LogP contribution in [-0.4, -0.2) is 25.9 Å². The molecule has 1 atom stereocenters. The van der Waals surface area contributed by atoms with Crippen LogP contribution in [0, 0.1) is 0 Å². The molecule has 5 nitrogen and oxygen atoms in total. The minimum atomic E-state index is 0.349. The van der Waals surface area contributed by atoms with Crippen molar-refractivity contribution in [3.05, 3.63) is 28.5 Å². The largest absolute Gasteiger partial charge is 0.309 e. The van der Waals surface area contributed by atoms with Gasteiger partial charge in [-0.3, -0.25) is 4.68 Å². The summed E-state index contributed by atoms with van der Waals surface area (Å²) in [4.78, 5) is 1.30. The second-order valence-electron chi connectivity index (χ2n) is 5.01. The first kappa shape index (κ1) is 15.1. The van der Waals surface area contributed by atoms with Crippen LogP contribution in [0.25, 0.3) is 0 Å². The van der Waals surface area contributed by atoms with E-state index in [1.807, 2.05) is 17.9 Å². The third kappa shape index (κ3) is 3.86. The van der Waals surface area contributed by atoms with Crippen molar-refractivity contribution in [3.8, 4) is 0 Å². The van der Waals surface area contributed by atoms with Gasteiger partial charge in [0, 0.05) is 19.3 Å². The van der Waals surface area contributed by atoms with Crippen LogP contribution in [0.2, 0.25) is 0 Å². The second-order valence-corrected chi connectivity index (χ2v) is 5.79. The molecule has 20 heavy (non-hydrogen) atoms. The van der Waals surface area contributed by atoms with E-state index in [4.69, 9.17) is 0 Å². The van der Waals surface area contributed by atoms with Gasteiger partial charge in [-0.05, 0) is 42.9 Å². The lowest BCUT2D eigenvalue weighted by Gasteiger charge is -2.16. The van der Waals surface area contributed by atoms with Crippen molar-refractivity contribution in [1.29, 1.82) is 0 Å². The van der Waals surface area contributed by atoms with Crippen molar-refractivity contribution in [2.45, 2.75) is 45.6 Å². The molecule has 0 aliphatic rings. The fourth-order valence-electron chi connectivity index (χ4n) is 2.37. The maximum atomic E-state index is 4.28. The molecule has 0 spiro atoms. The summed E-state index contributed by atoms with van der Waals surface area (Å²) in [7, 11) is 1.96. The lowest BCUT2D eigenvalue weighted by molar-refractivity contribution is 0.517. The van der Waals surface area contributed by atoms with E-state index in [0.717, 1.165) is 37.9 Å². The van der Waals surface area contributed by atoms with Crippen molar-refractivity contribution in [3.63, 3.8) is 0 Å². The zero-order valence-electron chi connectivity index (χ0n) is 12.5. The van der Waals surface area contributed by atoms with Gasteiger partial charge >= 0.3 is 0 Å². The van der Waals surface area contributed by atoms with Crippen molar-refractivity contribution >= 4 is 11.5 Å². The van der Waals surface area contributed by atoms with Crippen LogP contribution in [0.5, 0.6) is 0 Å². The van der Waals surface area contributed by atoms with Gasteiger partial charge in [-0.1, -0.05) is 24.8 Å². The van der Waals surface area contributed by atoms with E-state index >= 15 is 0 Å². The molecule has 6 heteroatoms. The molecule has 1 N–H and O–H groups in total. The van der Waals surface area contributed by atoms with Crippen molar-refractivity contribution in [1.82, 2.24) is 24.7 Å². The van der Waals surface area contributed by atoms with Gasteiger partial charge in [0.25, 0.3) is 0 Å². The van der Waals surface area contributed by atoms with Gasteiger partial charge in [-0.2, -0.15) is 5.10 Å². The van der Waals surface area contributed by atoms with Crippen LogP contribution in [0.15, 0.2) is 12.4 Å². The van der Waals surface area contributed by atoms with E-state index in [9.17, 15) is 0 Å². The highest BCUT2D eigenvalue weighted by Crippen LogP contribution is 2.25. The third-order valence-electron chi connectivity index (χ3n) is 3.32. The first-order valence-electron chi connectivity index (χ1n) is 7.26. The Morgan fingerprint density at radius 3 is 2.85 bits per heavy atom. The molecule has 0 bridgehead atoms. The number of nitrogens with one attached hydrogen (secondary N) is 1. The van der Waals surface area contributed by atoms with E-state index in [0.29, 0.717) is 6.04 Å². The Morgan fingerprint density at radius 1 is 1.35 bits per heavy atom. The molecular weight excluding hydrogens is 270 g/mol. The summed E-state index contributed by atoms with van der Waals surface area (Å²) in [5, 5.41) is 12.1. The lowest BCUT2D eigenvalue weighted by atomic mass is 10.0. The van der Waals surface area contributed by atoms with Crippen molar-refractivity contribution < 1.29 is 0 Å². The Hall–Kier alpha value is -1.27. The molecule has 0 amide bonds. The summed E-state index contributed by atoms with van der Waals surface area (Å²) in [5.41, 5.74) is 2.44. The maximum Gasteiger partial charge on any atom is 0.0803 e. The first-order chi connectivity index (χ1) is 9.74. The highest BCUT2D eigenvalue weighted by molar-refractivity contribution is 7.05. The SMILES string of the molecule is CCCc1nnsc1C(CCc1cnn(C)c1)NCC. The predicted octanol–water partition coefficient (Wildman–Crippen LogP) is 2.51. The van der Waals surface area contributed by atoms with Crippen molar-refractivity contribution in [2.24, 2.45) is 7.05 Å². The van der Waals surface area contributed by atoms with Gasteiger partial charge in [0.05, 0.1) is 16.8 Å². The molecule has 0 aromatic carbocycles. The van der Waals surface area contributed by atoms with E-state index < -0.39 is 0 Å². The molecule has 0 saturated carbocycles. The number of aromatic nitrogens is 4. The summed E-state index contributed by atoms with van der Waals surface area (Å²) in [6.07, 6.45) is 8.23. The van der Waals surface area contributed by atoms with Gasteiger partial charge in [0.15, 0.2) is 0 Å². The molecule has 0 fully saturated rings. The van der Waals surface area contributed by atoms with Gasteiger partial charge in [0.2, 0.25) is 0 Å². The van der Waals surface area contributed by atoms with Gasteiger partial charge in [0.1, 0.15) is 0 Å². The molecule has 0 radical (unpaired) electrons. The average Bonchev–Trinajstić information content (AvgIpc) is 3.04. The lowest BCUT2D eigenvalue weighted by Crippen LogP contribution is -2.21. The predicted molar refractivity (Wildman–Crippen MR) is 81.9 cm³/mol. The third-order valence-corrected chi connectivity index (χ3v) is 4.20. The summed E-state index contributed by atoms with van der Waals surface area (Å²) in [5.74, 6) is 0. The molecular formula is C14H23N5S. The normalized spacial score (nSPS) is 12.8. The molecule has 0 aliphatic heterocycles. The van der Waals surface area contributed by atoms with Gasteiger partial charge in [-0.15, -0.1) is 5.10 Å². The van der Waals surface area contributed by atoms with Crippen LogP contribution >= 0.6 is 11.5 Å².